The highest BCUT2D eigenvalue weighted by molar-refractivity contribution is 5.52. The molecule has 0 amide bonds. The first-order valence-electron chi connectivity index (χ1n) is 5.26. The SMILES string of the molecule is C=CCN(CC)c1cnccc1CNC. The van der Waals surface area contributed by atoms with Crippen molar-refractivity contribution >= 4 is 5.69 Å². The molecule has 0 atom stereocenters. The van der Waals surface area contributed by atoms with Gasteiger partial charge in [-0.15, -0.1) is 6.58 Å². The number of pyridine rings is 1. The van der Waals surface area contributed by atoms with Gasteiger partial charge in [0.15, 0.2) is 0 Å². The summed E-state index contributed by atoms with van der Waals surface area (Å²) in [6.07, 6.45) is 5.66. The number of aromatic nitrogens is 1. The summed E-state index contributed by atoms with van der Waals surface area (Å²) in [4.78, 5) is 6.43. The molecule has 0 aromatic carbocycles. The molecule has 0 aliphatic rings. The van der Waals surface area contributed by atoms with Crippen molar-refractivity contribution in [3.8, 4) is 0 Å². The van der Waals surface area contributed by atoms with Gasteiger partial charge in [0.05, 0.1) is 11.9 Å². The molecule has 1 aromatic rings. The van der Waals surface area contributed by atoms with E-state index in [1.54, 1.807) is 0 Å². The molecule has 1 rings (SSSR count). The van der Waals surface area contributed by atoms with E-state index in [1.807, 2.05) is 25.5 Å². The van der Waals surface area contributed by atoms with Gasteiger partial charge in [0.25, 0.3) is 0 Å². The highest BCUT2D eigenvalue weighted by Gasteiger charge is 2.07. The van der Waals surface area contributed by atoms with Gasteiger partial charge >= 0.3 is 0 Å². The molecule has 0 unspecified atom stereocenters. The van der Waals surface area contributed by atoms with Crippen LogP contribution in [-0.2, 0) is 6.54 Å². The zero-order valence-electron chi connectivity index (χ0n) is 9.53. The quantitative estimate of drug-likeness (QED) is 0.718. The fourth-order valence-electron chi connectivity index (χ4n) is 1.59. The van der Waals surface area contributed by atoms with E-state index >= 15 is 0 Å². The minimum Gasteiger partial charge on any atom is -0.367 e. The number of hydrogen-bond donors (Lipinski definition) is 1. The zero-order valence-corrected chi connectivity index (χ0v) is 9.53. The first-order valence-corrected chi connectivity index (χ1v) is 5.26. The predicted molar refractivity (Wildman–Crippen MR) is 65.1 cm³/mol. The first kappa shape index (κ1) is 11.7. The maximum absolute atomic E-state index is 4.17. The fraction of sp³-hybridized carbons (Fsp3) is 0.417. The normalized spacial score (nSPS) is 10.0. The first-order chi connectivity index (χ1) is 7.33. The number of nitrogens with zero attached hydrogens (tertiary/aromatic N) is 2. The summed E-state index contributed by atoms with van der Waals surface area (Å²) in [6, 6.07) is 2.05. The lowest BCUT2D eigenvalue weighted by molar-refractivity contribution is 0.800. The molecule has 1 aromatic heterocycles. The predicted octanol–water partition coefficient (Wildman–Crippen LogP) is 1.81. The Morgan fingerprint density at radius 3 is 3.00 bits per heavy atom. The van der Waals surface area contributed by atoms with E-state index in [0.717, 1.165) is 19.6 Å². The van der Waals surface area contributed by atoms with E-state index in [1.165, 1.54) is 11.3 Å². The minimum atomic E-state index is 0.860. The van der Waals surface area contributed by atoms with E-state index in [9.17, 15) is 0 Å². The highest BCUT2D eigenvalue weighted by Crippen LogP contribution is 2.18. The van der Waals surface area contributed by atoms with Crippen molar-refractivity contribution in [3.63, 3.8) is 0 Å². The van der Waals surface area contributed by atoms with Gasteiger partial charge in [-0.05, 0) is 25.6 Å². The van der Waals surface area contributed by atoms with Crippen LogP contribution >= 0.6 is 0 Å². The summed E-state index contributed by atoms with van der Waals surface area (Å²) in [7, 11) is 1.95. The van der Waals surface area contributed by atoms with Crippen LogP contribution in [0.15, 0.2) is 31.1 Å². The van der Waals surface area contributed by atoms with Crippen molar-refractivity contribution < 1.29 is 0 Å². The third kappa shape index (κ3) is 3.06. The van der Waals surface area contributed by atoms with Crippen molar-refractivity contribution in [3.05, 3.63) is 36.7 Å². The molecule has 3 nitrogen and oxygen atoms in total. The summed E-state index contributed by atoms with van der Waals surface area (Å²) in [5.41, 5.74) is 2.46. The maximum atomic E-state index is 4.17. The maximum Gasteiger partial charge on any atom is 0.0601 e. The molecule has 0 aliphatic carbocycles. The van der Waals surface area contributed by atoms with Crippen LogP contribution in [0.5, 0.6) is 0 Å². The van der Waals surface area contributed by atoms with E-state index in [0.29, 0.717) is 0 Å². The van der Waals surface area contributed by atoms with Gasteiger partial charge in [-0.1, -0.05) is 6.08 Å². The van der Waals surface area contributed by atoms with Crippen LogP contribution in [0.2, 0.25) is 0 Å². The Bertz CT molecular complexity index is 309. The van der Waals surface area contributed by atoms with E-state index in [2.05, 4.69) is 34.8 Å². The molecule has 0 saturated heterocycles. The van der Waals surface area contributed by atoms with Gasteiger partial charge in [-0.2, -0.15) is 0 Å². The number of nitrogens with one attached hydrogen (secondary N) is 1. The van der Waals surface area contributed by atoms with Gasteiger partial charge < -0.3 is 10.2 Å². The van der Waals surface area contributed by atoms with Crippen molar-refractivity contribution in [1.29, 1.82) is 0 Å². The van der Waals surface area contributed by atoms with Crippen LogP contribution in [0.3, 0.4) is 0 Å². The molecular formula is C12H19N3. The Morgan fingerprint density at radius 2 is 2.40 bits per heavy atom. The largest absolute Gasteiger partial charge is 0.367 e. The molecule has 0 spiro atoms. The summed E-state index contributed by atoms with van der Waals surface area (Å²) in [6.45, 7) is 8.60. The summed E-state index contributed by atoms with van der Waals surface area (Å²) in [5.74, 6) is 0. The third-order valence-corrected chi connectivity index (χ3v) is 2.33. The fourth-order valence-corrected chi connectivity index (χ4v) is 1.59. The Labute approximate surface area is 91.8 Å². The number of anilines is 1. The standard InChI is InChI=1S/C12H19N3/c1-4-8-15(5-2)12-10-14-7-6-11(12)9-13-3/h4,6-7,10,13H,1,5,8-9H2,2-3H3. The molecule has 1 heterocycles. The second-order valence-corrected chi connectivity index (χ2v) is 3.36. The van der Waals surface area contributed by atoms with Gasteiger partial charge in [-0.25, -0.2) is 0 Å². The van der Waals surface area contributed by atoms with E-state index in [4.69, 9.17) is 0 Å². The molecule has 15 heavy (non-hydrogen) atoms. The molecule has 0 saturated carbocycles. The Kier molecular flexibility index (Phi) is 4.84. The lowest BCUT2D eigenvalue weighted by Crippen LogP contribution is -2.24. The molecule has 1 N–H and O–H groups in total. The number of rotatable bonds is 6. The summed E-state index contributed by atoms with van der Waals surface area (Å²) >= 11 is 0. The Hall–Kier alpha value is -1.35. The van der Waals surface area contributed by atoms with Gasteiger partial charge in [0.2, 0.25) is 0 Å². The summed E-state index contributed by atoms with van der Waals surface area (Å²) < 4.78 is 0. The van der Waals surface area contributed by atoms with Crippen LogP contribution in [0.4, 0.5) is 5.69 Å². The molecule has 0 bridgehead atoms. The van der Waals surface area contributed by atoms with Crippen LogP contribution in [0.1, 0.15) is 12.5 Å². The van der Waals surface area contributed by atoms with Crippen LogP contribution in [0, 0.1) is 0 Å². The zero-order chi connectivity index (χ0) is 11.1. The highest BCUT2D eigenvalue weighted by atomic mass is 15.1. The smallest absolute Gasteiger partial charge is 0.0601 e. The second kappa shape index (κ2) is 6.19. The number of likely N-dealkylation sites (N-methyl/N-ethyl adjacent to an activating group) is 1. The van der Waals surface area contributed by atoms with Gasteiger partial charge in [0, 0.05) is 25.8 Å². The Balaban J connectivity index is 2.93. The van der Waals surface area contributed by atoms with Crippen molar-refractivity contribution in [2.75, 3.05) is 25.0 Å². The van der Waals surface area contributed by atoms with Crippen LogP contribution in [-0.4, -0.2) is 25.1 Å². The molecule has 82 valence electrons. The van der Waals surface area contributed by atoms with E-state index in [-0.39, 0.29) is 0 Å². The molecule has 0 radical (unpaired) electrons. The summed E-state index contributed by atoms with van der Waals surface area (Å²) in [5, 5.41) is 3.17. The minimum absolute atomic E-state index is 0.860. The van der Waals surface area contributed by atoms with Gasteiger partial charge in [-0.3, -0.25) is 4.98 Å². The van der Waals surface area contributed by atoms with Crippen LogP contribution < -0.4 is 10.2 Å². The average Bonchev–Trinajstić information content (AvgIpc) is 2.27. The van der Waals surface area contributed by atoms with Gasteiger partial charge in [0.1, 0.15) is 0 Å². The molecular weight excluding hydrogens is 186 g/mol. The lowest BCUT2D eigenvalue weighted by Gasteiger charge is -2.23. The monoisotopic (exact) mass is 205 g/mol. The topological polar surface area (TPSA) is 28.2 Å². The Morgan fingerprint density at radius 1 is 1.60 bits per heavy atom. The second-order valence-electron chi connectivity index (χ2n) is 3.36. The van der Waals surface area contributed by atoms with E-state index < -0.39 is 0 Å². The third-order valence-electron chi connectivity index (χ3n) is 2.33. The number of hydrogen-bond acceptors (Lipinski definition) is 3. The molecule has 3 heteroatoms. The van der Waals surface area contributed by atoms with Crippen molar-refractivity contribution in [2.45, 2.75) is 13.5 Å². The molecule has 0 aliphatic heterocycles. The average molecular weight is 205 g/mol. The van der Waals surface area contributed by atoms with Crippen molar-refractivity contribution in [1.82, 2.24) is 10.3 Å². The molecule has 0 fully saturated rings. The van der Waals surface area contributed by atoms with Crippen LogP contribution in [0.25, 0.3) is 0 Å². The van der Waals surface area contributed by atoms with Crippen molar-refractivity contribution in [2.24, 2.45) is 0 Å². The lowest BCUT2D eigenvalue weighted by atomic mass is 10.2.